The summed E-state index contributed by atoms with van der Waals surface area (Å²) in [6.07, 6.45) is 1.51. The van der Waals surface area contributed by atoms with Crippen LogP contribution in [0.4, 0.5) is 0 Å². The monoisotopic (exact) mass is 284 g/mol. The number of rotatable bonds is 2. The molecule has 108 valence electrons. The van der Waals surface area contributed by atoms with E-state index >= 15 is 0 Å². The second kappa shape index (κ2) is 4.80. The summed E-state index contributed by atoms with van der Waals surface area (Å²) in [6, 6.07) is 7.24. The molecule has 6 heteroatoms. The first kappa shape index (κ1) is 13.5. The van der Waals surface area contributed by atoms with Gasteiger partial charge < -0.3 is 4.52 Å². The molecule has 0 radical (unpaired) electrons. The van der Waals surface area contributed by atoms with Crippen LogP contribution in [0.25, 0.3) is 10.9 Å². The summed E-state index contributed by atoms with van der Waals surface area (Å²) in [5, 5.41) is 4.53. The molecule has 0 atom stereocenters. The molecule has 0 spiro atoms. The van der Waals surface area contributed by atoms with Crippen LogP contribution in [0.2, 0.25) is 0 Å². The van der Waals surface area contributed by atoms with E-state index in [1.165, 1.54) is 10.9 Å². The van der Waals surface area contributed by atoms with Gasteiger partial charge in [0.15, 0.2) is 5.82 Å². The molecule has 0 fully saturated rings. The van der Waals surface area contributed by atoms with E-state index < -0.39 is 0 Å². The third-order valence-electron chi connectivity index (χ3n) is 3.18. The zero-order valence-electron chi connectivity index (χ0n) is 12.2. The number of aromatic nitrogens is 4. The third-order valence-corrected chi connectivity index (χ3v) is 3.18. The van der Waals surface area contributed by atoms with Gasteiger partial charge in [-0.25, -0.2) is 4.98 Å². The summed E-state index contributed by atoms with van der Waals surface area (Å²) < 4.78 is 6.69. The minimum Gasteiger partial charge on any atom is -0.337 e. The van der Waals surface area contributed by atoms with Crippen molar-refractivity contribution in [1.82, 2.24) is 19.7 Å². The van der Waals surface area contributed by atoms with Crippen molar-refractivity contribution in [1.29, 1.82) is 0 Å². The molecule has 0 saturated heterocycles. The van der Waals surface area contributed by atoms with E-state index in [2.05, 4.69) is 15.1 Å². The van der Waals surface area contributed by atoms with E-state index in [-0.39, 0.29) is 17.5 Å². The Hall–Kier alpha value is -2.50. The van der Waals surface area contributed by atoms with Crippen LogP contribution in [-0.4, -0.2) is 19.7 Å². The first-order chi connectivity index (χ1) is 9.95. The van der Waals surface area contributed by atoms with Gasteiger partial charge in [-0.1, -0.05) is 38.1 Å². The summed E-state index contributed by atoms with van der Waals surface area (Å²) >= 11 is 0. The molecular weight excluding hydrogens is 268 g/mol. The summed E-state index contributed by atoms with van der Waals surface area (Å²) in [7, 11) is 0. The Labute approximate surface area is 121 Å². The lowest BCUT2D eigenvalue weighted by atomic mass is 9.96. The fourth-order valence-corrected chi connectivity index (χ4v) is 1.99. The van der Waals surface area contributed by atoms with Crippen molar-refractivity contribution in [2.45, 2.75) is 32.7 Å². The Balaban J connectivity index is 1.97. The minimum absolute atomic E-state index is 0.115. The van der Waals surface area contributed by atoms with Gasteiger partial charge in [-0.05, 0) is 12.1 Å². The van der Waals surface area contributed by atoms with Crippen LogP contribution in [0.5, 0.6) is 0 Å². The zero-order chi connectivity index (χ0) is 15.0. The molecule has 2 heterocycles. The molecular formula is C15H16N4O2. The maximum atomic E-state index is 12.4. The number of fused-ring (bicyclic) bond motifs is 1. The van der Waals surface area contributed by atoms with Crippen molar-refractivity contribution >= 4 is 10.9 Å². The van der Waals surface area contributed by atoms with Crippen LogP contribution in [0.3, 0.4) is 0 Å². The number of hydrogen-bond acceptors (Lipinski definition) is 5. The topological polar surface area (TPSA) is 73.8 Å². The Morgan fingerprint density at radius 2 is 2.00 bits per heavy atom. The molecule has 0 aliphatic carbocycles. The molecule has 21 heavy (non-hydrogen) atoms. The van der Waals surface area contributed by atoms with Crippen molar-refractivity contribution in [2.24, 2.45) is 0 Å². The van der Waals surface area contributed by atoms with E-state index in [0.29, 0.717) is 22.6 Å². The molecule has 0 amide bonds. The Kier molecular flexibility index (Phi) is 3.08. The van der Waals surface area contributed by atoms with E-state index in [0.717, 1.165) is 0 Å². The standard InChI is InChI=1S/C15H16N4O2/c1-15(2,3)14-17-12(21-18-14)8-19-9-16-11-7-5-4-6-10(11)13(19)20/h4-7,9H,8H2,1-3H3. The highest BCUT2D eigenvalue weighted by Crippen LogP contribution is 2.18. The first-order valence-corrected chi connectivity index (χ1v) is 6.72. The van der Waals surface area contributed by atoms with Crippen molar-refractivity contribution in [2.75, 3.05) is 0 Å². The molecule has 0 N–H and O–H groups in total. The normalized spacial score (nSPS) is 12.0. The molecule has 0 aliphatic heterocycles. The molecule has 3 rings (SSSR count). The van der Waals surface area contributed by atoms with Crippen LogP contribution in [0, 0.1) is 0 Å². The molecule has 3 aromatic rings. The van der Waals surface area contributed by atoms with Crippen molar-refractivity contribution in [3.63, 3.8) is 0 Å². The van der Waals surface area contributed by atoms with Gasteiger partial charge in [0.2, 0.25) is 5.89 Å². The Bertz CT molecular complexity index is 842. The predicted octanol–water partition coefficient (Wildman–Crippen LogP) is 2.13. The van der Waals surface area contributed by atoms with E-state index in [9.17, 15) is 4.79 Å². The van der Waals surface area contributed by atoms with Gasteiger partial charge in [-0.3, -0.25) is 9.36 Å². The van der Waals surface area contributed by atoms with Crippen molar-refractivity contribution < 1.29 is 4.52 Å². The minimum atomic E-state index is -0.186. The molecule has 0 bridgehead atoms. The lowest BCUT2D eigenvalue weighted by Gasteiger charge is -2.10. The Morgan fingerprint density at radius 1 is 1.24 bits per heavy atom. The third kappa shape index (κ3) is 2.56. The molecule has 0 saturated carbocycles. The van der Waals surface area contributed by atoms with Gasteiger partial charge in [0.05, 0.1) is 17.2 Å². The van der Waals surface area contributed by atoms with Crippen LogP contribution in [-0.2, 0) is 12.0 Å². The number of hydrogen-bond donors (Lipinski definition) is 0. The quantitative estimate of drug-likeness (QED) is 0.720. The average molecular weight is 284 g/mol. The summed E-state index contributed by atoms with van der Waals surface area (Å²) in [5.41, 5.74) is 0.379. The number of nitrogens with zero attached hydrogens (tertiary/aromatic N) is 4. The van der Waals surface area contributed by atoms with E-state index in [1.54, 1.807) is 6.07 Å². The first-order valence-electron chi connectivity index (χ1n) is 6.72. The van der Waals surface area contributed by atoms with Gasteiger partial charge in [0.1, 0.15) is 6.54 Å². The highest BCUT2D eigenvalue weighted by molar-refractivity contribution is 5.76. The average Bonchev–Trinajstić information content (AvgIpc) is 2.91. The van der Waals surface area contributed by atoms with Gasteiger partial charge in [0, 0.05) is 5.41 Å². The van der Waals surface area contributed by atoms with E-state index in [4.69, 9.17) is 4.52 Å². The number of benzene rings is 1. The second-order valence-electron chi connectivity index (χ2n) is 5.96. The van der Waals surface area contributed by atoms with E-state index in [1.807, 2.05) is 39.0 Å². The molecule has 0 aliphatic rings. The van der Waals surface area contributed by atoms with Crippen LogP contribution < -0.4 is 5.56 Å². The van der Waals surface area contributed by atoms with Gasteiger partial charge >= 0.3 is 0 Å². The van der Waals surface area contributed by atoms with Gasteiger partial charge in [-0.15, -0.1) is 0 Å². The summed E-state index contributed by atoms with van der Waals surface area (Å²) in [5.74, 6) is 1.03. The molecule has 0 unspecified atom stereocenters. The smallest absolute Gasteiger partial charge is 0.261 e. The van der Waals surface area contributed by atoms with Gasteiger partial charge in [0.25, 0.3) is 5.56 Å². The molecule has 2 aromatic heterocycles. The SMILES string of the molecule is CC(C)(C)c1noc(Cn2cnc3ccccc3c2=O)n1. The largest absolute Gasteiger partial charge is 0.337 e. The predicted molar refractivity (Wildman–Crippen MR) is 78.1 cm³/mol. The molecule has 6 nitrogen and oxygen atoms in total. The second-order valence-corrected chi connectivity index (χ2v) is 5.96. The fraction of sp³-hybridized carbons (Fsp3) is 0.333. The van der Waals surface area contributed by atoms with Crippen molar-refractivity contribution in [3.05, 3.63) is 52.7 Å². The summed E-state index contributed by atoms with van der Waals surface area (Å²) in [6.45, 7) is 6.24. The van der Waals surface area contributed by atoms with Crippen LogP contribution in [0.1, 0.15) is 32.5 Å². The summed E-state index contributed by atoms with van der Waals surface area (Å²) in [4.78, 5) is 21.0. The molecule has 1 aromatic carbocycles. The van der Waals surface area contributed by atoms with Crippen LogP contribution >= 0.6 is 0 Å². The highest BCUT2D eigenvalue weighted by Gasteiger charge is 2.21. The maximum absolute atomic E-state index is 12.4. The zero-order valence-corrected chi connectivity index (χ0v) is 12.2. The maximum Gasteiger partial charge on any atom is 0.261 e. The fourth-order valence-electron chi connectivity index (χ4n) is 1.99. The van der Waals surface area contributed by atoms with Crippen LogP contribution in [0.15, 0.2) is 39.9 Å². The lowest BCUT2D eigenvalue weighted by molar-refractivity contribution is 0.356. The van der Waals surface area contributed by atoms with Gasteiger partial charge in [-0.2, -0.15) is 4.98 Å². The Morgan fingerprint density at radius 3 is 2.71 bits per heavy atom. The highest BCUT2D eigenvalue weighted by atomic mass is 16.5. The lowest BCUT2D eigenvalue weighted by Crippen LogP contribution is -2.21. The number of para-hydroxylation sites is 1. The van der Waals surface area contributed by atoms with Crippen molar-refractivity contribution in [3.8, 4) is 0 Å².